The number of carbonyl (C=O) groups is 2. The van der Waals surface area contributed by atoms with E-state index in [-0.39, 0.29) is 11.4 Å². The van der Waals surface area contributed by atoms with Crippen molar-refractivity contribution in [2.45, 2.75) is 46.5 Å². The van der Waals surface area contributed by atoms with E-state index in [1.54, 1.807) is 4.90 Å². The molecule has 0 aromatic heterocycles. The number of carboxylic acids is 1. The monoisotopic (exact) mass is 282 g/mol. The van der Waals surface area contributed by atoms with Crippen molar-refractivity contribution < 1.29 is 14.7 Å². The molecule has 5 nitrogen and oxygen atoms in total. The summed E-state index contributed by atoms with van der Waals surface area (Å²) in [5, 5.41) is 9.49. The highest BCUT2D eigenvalue weighted by molar-refractivity contribution is 5.79. The maximum Gasteiger partial charge on any atom is 0.320 e. The van der Waals surface area contributed by atoms with E-state index in [1.807, 2.05) is 11.8 Å². The minimum Gasteiger partial charge on any atom is -0.481 e. The SMILES string of the molecule is CCC1(C(=O)O)CCCN(C(=O)N2CCC(C)(C)C2)C1. The molecule has 2 amide bonds. The second-order valence-electron chi connectivity index (χ2n) is 7.08. The second-order valence-corrected chi connectivity index (χ2v) is 7.08. The van der Waals surface area contributed by atoms with Gasteiger partial charge in [-0.15, -0.1) is 0 Å². The number of aliphatic carboxylic acids is 1. The molecular weight excluding hydrogens is 256 g/mol. The highest BCUT2D eigenvalue weighted by atomic mass is 16.4. The molecule has 0 bridgehead atoms. The molecule has 0 radical (unpaired) electrons. The van der Waals surface area contributed by atoms with Crippen LogP contribution in [-0.2, 0) is 4.79 Å². The molecule has 0 aromatic carbocycles. The van der Waals surface area contributed by atoms with E-state index >= 15 is 0 Å². The van der Waals surface area contributed by atoms with Gasteiger partial charge in [0.1, 0.15) is 0 Å². The van der Waals surface area contributed by atoms with Crippen LogP contribution in [0.5, 0.6) is 0 Å². The van der Waals surface area contributed by atoms with Gasteiger partial charge in [0, 0.05) is 26.2 Å². The van der Waals surface area contributed by atoms with E-state index in [0.29, 0.717) is 25.9 Å². The lowest BCUT2D eigenvalue weighted by Crippen LogP contribution is -2.53. The highest BCUT2D eigenvalue weighted by Crippen LogP contribution is 2.35. The fraction of sp³-hybridized carbons (Fsp3) is 0.867. The molecule has 2 saturated heterocycles. The Labute approximate surface area is 120 Å². The quantitative estimate of drug-likeness (QED) is 0.846. The third-order valence-corrected chi connectivity index (χ3v) is 4.93. The third kappa shape index (κ3) is 2.76. The van der Waals surface area contributed by atoms with Crippen molar-refractivity contribution in [1.82, 2.24) is 9.80 Å². The van der Waals surface area contributed by atoms with Crippen LogP contribution in [0.1, 0.15) is 46.5 Å². The minimum atomic E-state index is -0.765. The predicted molar refractivity (Wildman–Crippen MR) is 76.5 cm³/mol. The molecule has 2 aliphatic rings. The second kappa shape index (κ2) is 5.26. The fourth-order valence-corrected chi connectivity index (χ4v) is 3.39. The third-order valence-electron chi connectivity index (χ3n) is 4.93. The van der Waals surface area contributed by atoms with Gasteiger partial charge in [0.05, 0.1) is 5.41 Å². The zero-order valence-corrected chi connectivity index (χ0v) is 12.8. The van der Waals surface area contributed by atoms with E-state index < -0.39 is 11.4 Å². The van der Waals surface area contributed by atoms with Crippen LogP contribution in [0.15, 0.2) is 0 Å². The molecule has 1 atom stereocenters. The Bertz CT molecular complexity index is 408. The molecule has 20 heavy (non-hydrogen) atoms. The minimum absolute atomic E-state index is 0.0225. The van der Waals surface area contributed by atoms with Gasteiger partial charge in [0.25, 0.3) is 0 Å². The van der Waals surface area contributed by atoms with E-state index in [4.69, 9.17) is 0 Å². The molecule has 1 N–H and O–H groups in total. The first-order chi connectivity index (χ1) is 9.30. The van der Waals surface area contributed by atoms with Gasteiger partial charge in [-0.25, -0.2) is 4.79 Å². The lowest BCUT2D eigenvalue weighted by Gasteiger charge is -2.40. The lowest BCUT2D eigenvalue weighted by molar-refractivity contribution is -0.152. The maximum atomic E-state index is 12.6. The van der Waals surface area contributed by atoms with Crippen molar-refractivity contribution in [2.75, 3.05) is 26.2 Å². The molecule has 1 unspecified atom stereocenters. The van der Waals surface area contributed by atoms with Gasteiger partial charge in [-0.05, 0) is 31.1 Å². The van der Waals surface area contributed by atoms with Crippen LogP contribution in [-0.4, -0.2) is 53.1 Å². The molecule has 0 spiro atoms. The van der Waals surface area contributed by atoms with Gasteiger partial charge in [-0.3, -0.25) is 4.79 Å². The van der Waals surface area contributed by atoms with Gasteiger partial charge in [0.15, 0.2) is 0 Å². The molecule has 2 fully saturated rings. The van der Waals surface area contributed by atoms with Crippen LogP contribution in [0.2, 0.25) is 0 Å². The number of rotatable bonds is 2. The summed E-state index contributed by atoms with van der Waals surface area (Å²) in [4.78, 5) is 27.8. The fourth-order valence-electron chi connectivity index (χ4n) is 3.39. The number of amides is 2. The summed E-state index contributed by atoms with van der Waals surface area (Å²) in [7, 11) is 0. The summed E-state index contributed by atoms with van der Waals surface area (Å²) in [5.41, 5.74) is -0.566. The van der Waals surface area contributed by atoms with Crippen LogP contribution in [0.25, 0.3) is 0 Å². The number of hydrogen-bond donors (Lipinski definition) is 1. The van der Waals surface area contributed by atoms with Gasteiger partial charge in [0.2, 0.25) is 0 Å². The Morgan fingerprint density at radius 1 is 1.10 bits per heavy atom. The summed E-state index contributed by atoms with van der Waals surface area (Å²) in [6.45, 7) is 8.84. The van der Waals surface area contributed by atoms with Gasteiger partial charge < -0.3 is 14.9 Å². The molecule has 114 valence electrons. The molecule has 2 aliphatic heterocycles. The molecular formula is C15H26N2O3. The summed E-state index contributed by atoms with van der Waals surface area (Å²) in [6.07, 6.45) is 3.05. The molecule has 2 heterocycles. The number of carbonyl (C=O) groups excluding carboxylic acids is 1. The smallest absolute Gasteiger partial charge is 0.320 e. The molecule has 0 aliphatic carbocycles. The number of likely N-dealkylation sites (tertiary alicyclic amines) is 2. The Morgan fingerprint density at radius 2 is 1.75 bits per heavy atom. The predicted octanol–water partition coefficient (Wildman–Crippen LogP) is 2.42. The van der Waals surface area contributed by atoms with Crippen LogP contribution < -0.4 is 0 Å². The zero-order valence-electron chi connectivity index (χ0n) is 12.8. The first kappa shape index (κ1) is 15.1. The average molecular weight is 282 g/mol. The molecule has 5 heteroatoms. The molecule has 0 aromatic rings. The number of carboxylic acid groups (broad SMARTS) is 1. The number of piperidine rings is 1. The first-order valence-corrected chi connectivity index (χ1v) is 7.57. The van der Waals surface area contributed by atoms with Gasteiger partial charge >= 0.3 is 12.0 Å². The van der Waals surface area contributed by atoms with E-state index in [2.05, 4.69) is 13.8 Å². The van der Waals surface area contributed by atoms with E-state index in [9.17, 15) is 14.7 Å². The van der Waals surface area contributed by atoms with Crippen LogP contribution in [0, 0.1) is 10.8 Å². The highest BCUT2D eigenvalue weighted by Gasteiger charge is 2.44. The van der Waals surface area contributed by atoms with Crippen molar-refractivity contribution in [1.29, 1.82) is 0 Å². The Balaban J connectivity index is 2.06. The molecule has 0 saturated carbocycles. The van der Waals surface area contributed by atoms with E-state index in [1.165, 1.54) is 0 Å². The Hall–Kier alpha value is -1.26. The van der Waals surface area contributed by atoms with Crippen molar-refractivity contribution in [3.05, 3.63) is 0 Å². The van der Waals surface area contributed by atoms with Gasteiger partial charge in [-0.2, -0.15) is 0 Å². The van der Waals surface area contributed by atoms with Crippen molar-refractivity contribution in [3.63, 3.8) is 0 Å². The maximum absolute atomic E-state index is 12.6. The topological polar surface area (TPSA) is 60.9 Å². The molecule has 2 rings (SSSR count). The van der Waals surface area contributed by atoms with Crippen LogP contribution >= 0.6 is 0 Å². The Kier molecular flexibility index (Phi) is 3.98. The number of urea groups is 1. The number of nitrogens with zero attached hydrogens (tertiary/aromatic N) is 2. The number of hydrogen-bond acceptors (Lipinski definition) is 2. The van der Waals surface area contributed by atoms with Gasteiger partial charge in [-0.1, -0.05) is 20.8 Å². The van der Waals surface area contributed by atoms with Crippen molar-refractivity contribution >= 4 is 12.0 Å². The summed E-state index contributed by atoms with van der Waals surface area (Å²) in [6, 6.07) is 0.0225. The van der Waals surface area contributed by atoms with Crippen molar-refractivity contribution in [3.8, 4) is 0 Å². The summed E-state index contributed by atoms with van der Waals surface area (Å²) < 4.78 is 0. The zero-order chi connectivity index (χ0) is 15.0. The largest absolute Gasteiger partial charge is 0.481 e. The van der Waals surface area contributed by atoms with Crippen LogP contribution in [0.3, 0.4) is 0 Å². The average Bonchev–Trinajstić information content (AvgIpc) is 2.78. The standard InChI is InChI=1S/C15H26N2O3/c1-4-15(12(18)19)6-5-8-16(11-15)13(20)17-9-7-14(2,3)10-17/h4-11H2,1-3H3,(H,18,19). The van der Waals surface area contributed by atoms with Crippen LogP contribution in [0.4, 0.5) is 4.79 Å². The summed E-state index contributed by atoms with van der Waals surface area (Å²) in [5.74, 6) is -0.765. The first-order valence-electron chi connectivity index (χ1n) is 7.57. The normalized spacial score (nSPS) is 29.6. The van der Waals surface area contributed by atoms with E-state index in [0.717, 1.165) is 25.9 Å². The summed E-state index contributed by atoms with van der Waals surface area (Å²) >= 11 is 0. The lowest BCUT2D eigenvalue weighted by atomic mass is 9.78. The Morgan fingerprint density at radius 3 is 2.25 bits per heavy atom. The van der Waals surface area contributed by atoms with Crippen molar-refractivity contribution in [2.24, 2.45) is 10.8 Å².